The summed E-state index contributed by atoms with van der Waals surface area (Å²) in [7, 11) is 1.54. The summed E-state index contributed by atoms with van der Waals surface area (Å²) in [6.45, 7) is 2.74. The van der Waals surface area contributed by atoms with E-state index in [0.717, 1.165) is 36.6 Å². The topological polar surface area (TPSA) is 80.2 Å². The first kappa shape index (κ1) is 16.8. The fraction of sp³-hybridized carbons (Fsp3) is 0.500. The second-order valence-electron chi connectivity index (χ2n) is 5.75. The van der Waals surface area contributed by atoms with Crippen molar-refractivity contribution in [2.75, 3.05) is 25.6 Å². The lowest BCUT2D eigenvalue weighted by Gasteiger charge is -2.34. The molecule has 1 N–H and O–H groups in total. The Bertz CT molecular complexity index is 692. The zero-order valence-electron chi connectivity index (χ0n) is 13.9. The molecule has 0 aromatic carbocycles. The molecule has 1 fully saturated rings. The average Bonchev–Trinajstić information content (AvgIpc) is 3.07. The number of carbonyl (C=O) groups excluding carboxylic acids is 1. The number of aromatic nitrogens is 3. The molecule has 3 rings (SSSR count). The largest absolute Gasteiger partial charge is 0.375 e. The van der Waals surface area contributed by atoms with Crippen molar-refractivity contribution in [3.8, 4) is 0 Å². The lowest BCUT2D eigenvalue weighted by atomic mass is 10.0. The molecule has 0 aliphatic carbocycles. The van der Waals surface area contributed by atoms with Gasteiger partial charge < -0.3 is 15.0 Å². The minimum absolute atomic E-state index is 0.0123. The number of carbonyl (C=O) groups is 1. The Kier molecular flexibility index (Phi) is 5.37. The molecule has 0 saturated carbocycles. The van der Waals surface area contributed by atoms with Crippen molar-refractivity contribution in [1.82, 2.24) is 19.9 Å². The molecule has 1 aliphatic heterocycles. The lowest BCUT2D eigenvalue weighted by Crippen LogP contribution is -2.41. The molecule has 0 unspecified atom stereocenters. The average molecular weight is 347 g/mol. The first-order valence-corrected chi connectivity index (χ1v) is 8.86. The number of hydrogen-bond acceptors (Lipinski definition) is 7. The molecule has 1 aliphatic rings. The maximum Gasteiger partial charge on any atom is 0.249 e. The van der Waals surface area contributed by atoms with Gasteiger partial charge >= 0.3 is 0 Å². The predicted octanol–water partition coefficient (Wildman–Crippen LogP) is 2.69. The van der Waals surface area contributed by atoms with E-state index >= 15 is 0 Å². The van der Waals surface area contributed by atoms with Gasteiger partial charge in [0.05, 0.1) is 6.04 Å². The highest BCUT2D eigenvalue weighted by molar-refractivity contribution is 7.13. The Labute approximate surface area is 145 Å². The van der Waals surface area contributed by atoms with E-state index in [9.17, 15) is 4.79 Å². The van der Waals surface area contributed by atoms with Crippen molar-refractivity contribution < 1.29 is 9.53 Å². The highest BCUT2D eigenvalue weighted by Crippen LogP contribution is 2.30. The summed E-state index contributed by atoms with van der Waals surface area (Å²) < 4.78 is 5.01. The summed E-state index contributed by atoms with van der Waals surface area (Å²) in [6.07, 6.45) is 4.68. The number of aryl methyl sites for hydroxylation is 1. The fourth-order valence-corrected chi connectivity index (χ4v) is 3.44. The zero-order chi connectivity index (χ0) is 16.9. The van der Waals surface area contributed by atoms with Crippen LogP contribution in [0.25, 0.3) is 0 Å². The van der Waals surface area contributed by atoms with E-state index in [2.05, 4.69) is 20.3 Å². The number of amides is 1. The second-order valence-corrected chi connectivity index (χ2v) is 6.64. The molecule has 0 spiro atoms. The number of nitrogens with zero attached hydrogens (tertiary/aromatic N) is 4. The molecule has 1 atom stereocenters. The van der Waals surface area contributed by atoms with Gasteiger partial charge in [-0.05, 0) is 26.2 Å². The minimum atomic E-state index is -0.0989. The highest BCUT2D eigenvalue weighted by Gasteiger charge is 2.30. The van der Waals surface area contributed by atoms with Gasteiger partial charge in [-0.3, -0.25) is 4.79 Å². The monoisotopic (exact) mass is 347 g/mol. The third kappa shape index (κ3) is 3.88. The van der Waals surface area contributed by atoms with Crippen molar-refractivity contribution in [3.05, 3.63) is 29.2 Å². The number of methoxy groups -OCH3 is 1. The van der Waals surface area contributed by atoms with Crippen LogP contribution < -0.4 is 5.32 Å². The smallest absolute Gasteiger partial charge is 0.249 e. The van der Waals surface area contributed by atoms with E-state index < -0.39 is 0 Å². The molecular weight excluding hydrogens is 326 g/mol. The maximum absolute atomic E-state index is 12.3. The zero-order valence-corrected chi connectivity index (χ0v) is 14.7. The maximum atomic E-state index is 12.3. The first-order valence-electron chi connectivity index (χ1n) is 7.98. The van der Waals surface area contributed by atoms with E-state index in [-0.39, 0.29) is 18.6 Å². The van der Waals surface area contributed by atoms with Gasteiger partial charge in [-0.2, -0.15) is 0 Å². The quantitative estimate of drug-likeness (QED) is 0.896. The number of piperidine rings is 1. The molecule has 8 heteroatoms. The van der Waals surface area contributed by atoms with Crippen LogP contribution in [0.5, 0.6) is 0 Å². The van der Waals surface area contributed by atoms with Crippen LogP contribution in [0.4, 0.5) is 10.9 Å². The fourth-order valence-electron chi connectivity index (χ4n) is 2.90. The summed E-state index contributed by atoms with van der Waals surface area (Å²) in [5.41, 5.74) is 0.865. The normalized spacial score (nSPS) is 17.8. The summed E-state index contributed by atoms with van der Waals surface area (Å²) in [6, 6.07) is 1.79. The molecule has 2 aromatic heterocycles. The van der Waals surface area contributed by atoms with Crippen LogP contribution in [-0.4, -0.2) is 46.0 Å². The molecular formula is C16H21N5O2S. The third-order valence-electron chi connectivity index (χ3n) is 3.93. The van der Waals surface area contributed by atoms with Crippen molar-refractivity contribution in [1.29, 1.82) is 0 Å². The summed E-state index contributed by atoms with van der Waals surface area (Å²) >= 11 is 1.51. The second kappa shape index (κ2) is 7.67. The van der Waals surface area contributed by atoms with Crippen molar-refractivity contribution >= 4 is 28.2 Å². The molecule has 3 heterocycles. The van der Waals surface area contributed by atoms with Gasteiger partial charge in [0.25, 0.3) is 0 Å². The predicted molar refractivity (Wildman–Crippen MR) is 92.3 cm³/mol. The number of anilines is 2. The molecule has 1 amide bonds. The van der Waals surface area contributed by atoms with E-state index in [0.29, 0.717) is 11.6 Å². The van der Waals surface area contributed by atoms with Gasteiger partial charge in [-0.15, -0.1) is 11.3 Å². The Hall–Kier alpha value is -2.06. The Balaban J connectivity index is 1.86. The van der Waals surface area contributed by atoms with Crippen LogP contribution in [0, 0.1) is 6.92 Å². The van der Waals surface area contributed by atoms with E-state index in [1.165, 1.54) is 18.4 Å². The number of rotatable bonds is 5. The number of likely N-dealkylation sites (tertiary alicyclic amines) is 1. The van der Waals surface area contributed by atoms with Crippen LogP contribution in [0.2, 0.25) is 0 Å². The number of ether oxygens (including phenoxy) is 1. The van der Waals surface area contributed by atoms with Crippen molar-refractivity contribution in [2.45, 2.75) is 32.2 Å². The van der Waals surface area contributed by atoms with Gasteiger partial charge in [0.15, 0.2) is 11.0 Å². The molecule has 7 nitrogen and oxygen atoms in total. The van der Waals surface area contributed by atoms with Crippen molar-refractivity contribution in [2.24, 2.45) is 0 Å². The Morgan fingerprint density at radius 2 is 2.33 bits per heavy atom. The SMILES string of the molecule is COCC(=O)N1CCCC[C@H]1c1nc(C)cc(Nc2nccs2)n1. The lowest BCUT2D eigenvalue weighted by molar-refractivity contribution is -0.139. The molecule has 1 saturated heterocycles. The van der Waals surface area contributed by atoms with Gasteiger partial charge in [0, 0.05) is 37.0 Å². The molecule has 0 radical (unpaired) electrons. The molecule has 0 bridgehead atoms. The van der Waals surface area contributed by atoms with Gasteiger partial charge in [0.2, 0.25) is 5.91 Å². The van der Waals surface area contributed by atoms with E-state index in [1.54, 1.807) is 6.20 Å². The standard InChI is InChI=1S/C16H21N5O2S/c1-11-9-13(20-16-17-6-8-24-16)19-15(18-11)12-5-3-4-7-21(12)14(22)10-23-2/h6,8-9,12H,3-5,7,10H2,1-2H3,(H,17,18,19,20)/t12-/m0/s1. The van der Waals surface area contributed by atoms with Crippen LogP contribution in [0.1, 0.15) is 36.8 Å². The van der Waals surface area contributed by atoms with Crippen molar-refractivity contribution in [3.63, 3.8) is 0 Å². The molecule has 2 aromatic rings. The van der Waals surface area contributed by atoms with Crippen LogP contribution >= 0.6 is 11.3 Å². The van der Waals surface area contributed by atoms with Gasteiger partial charge in [0.1, 0.15) is 12.4 Å². The van der Waals surface area contributed by atoms with Crippen LogP contribution in [0.3, 0.4) is 0 Å². The summed E-state index contributed by atoms with van der Waals surface area (Å²) in [4.78, 5) is 27.6. The third-order valence-corrected chi connectivity index (χ3v) is 4.62. The Morgan fingerprint density at radius 1 is 1.46 bits per heavy atom. The number of hydrogen-bond donors (Lipinski definition) is 1. The number of thiazole rings is 1. The first-order chi connectivity index (χ1) is 11.7. The number of nitrogens with one attached hydrogen (secondary N) is 1. The highest BCUT2D eigenvalue weighted by atomic mass is 32.1. The Morgan fingerprint density at radius 3 is 3.08 bits per heavy atom. The van der Waals surface area contributed by atoms with Crippen LogP contribution in [-0.2, 0) is 9.53 Å². The van der Waals surface area contributed by atoms with Crippen LogP contribution in [0.15, 0.2) is 17.6 Å². The van der Waals surface area contributed by atoms with Gasteiger partial charge in [-0.1, -0.05) is 0 Å². The van der Waals surface area contributed by atoms with E-state index in [1.807, 2.05) is 23.3 Å². The minimum Gasteiger partial charge on any atom is -0.375 e. The van der Waals surface area contributed by atoms with E-state index in [4.69, 9.17) is 4.74 Å². The van der Waals surface area contributed by atoms with Gasteiger partial charge in [-0.25, -0.2) is 15.0 Å². The molecule has 24 heavy (non-hydrogen) atoms. The molecule has 128 valence electrons. The summed E-state index contributed by atoms with van der Waals surface area (Å²) in [5, 5.41) is 5.89. The summed E-state index contributed by atoms with van der Waals surface area (Å²) in [5.74, 6) is 1.37.